The number of hydrogen-bond acceptors (Lipinski definition) is 3. The van der Waals surface area contributed by atoms with Crippen molar-refractivity contribution in [2.24, 2.45) is 0 Å². The normalized spacial score (nSPS) is 18.0. The Hall–Kier alpha value is -1.81. The standard InChI is InChI=1S/C18H23NO3/c1-18(2,3)22-17(20)19-9-6-15-12-14(4-5-16(15)19)13-7-10-21-11-8-13/h4-5,7,12H,6,8-11H2,1-3H3. The first-order chi connectivity index (χ1) is 10.4. The van der Waals surface area contributed by atoms with Crippen LogP contribution in [0.25, 0.3) is 5.57 Å². The molecule has 0 N–H and O–H groups in total. The predicted octanol–water partition coefficient (Wildman–Crippen LogP) is 3.79. The van der Waals surface area contributed by atoms with Crippen LogP contribution in [0.3, 0.4) is 0 Å². The molecule has 0 aliphatic carbocycles. The second kappa shape index (κ2) is 5.76. The minimum absolute atomic E-state index is 0.260. The number of benzene rings is 1. The summed E-state index contributed by atoms with van der Waals surface area (Å²) < 4.78 is 10.8. The van der Waals surface area contributed by atoms with E-state index in [4.69, 9.17) is 9.47 Å². The maximum Gasteiger partial charge on any atom is 0.414 e. The van der Waals surface area contributed by atoms with Gasteiger partial charge in [-0.25, -0.2) is 4.79 Å². The Bertz CT molecular complexity index is 613. The van der Waals surface area contributed by atoms with Gasteiger partial charge < -0.3 is 9.47 Å². The molecule has 0 fully saturated rings. The van der Waals surface area contributed by atoms with Crippen molar-refractivity contribution in [2.45, 2.75) is 39.2 Å². The molecule has 0 spiro atoms. The van der Waals surface area contributed by atoms with Gasteiger partial charge in [0.25, 0.3) is 0 Å². The van der Waals surface area contributed by atoms with Gasteiger partial charge in [0.2, 0.25) is 0 Å². The fraction of sp³-hybridized carbons (Fsp3) is 0.500. The van der Waals surface area contributed by atoms with Crippen molar-refractivity contribution in [3.63, 3.8) is 0 Å². The van der Waals surface area contributed by atoms with Crippen molar-refractivity contribution >= 4 is 17.4 Å². The summed E-state index contributed by atoms with van der Waals surface area (Å²) in [5.74, 6) is 0. The van der Waals surface area contributed by atoms with Gasteiger partial charge in [-0.15, -0.1) is 0 Å². The smallest absolute Gasteiger partial charge is 0.414 e. The zero-order valence-electron chi connectivity index (χ0n) is 13.5. The summed E-state index contributed by atoms with van der Waals surface area (Å²) in [5, 5.41) is 0. The molecule has 0 aromatic heterocycles. The molecule has 0 saturated carbocycles. The minimum Gasteiger partial charge on any atom is -0.443 e. The number of carbonyl (C=O) groups excluding carboxylic acids is 1. The van der Waals surface area contributed by atoms with Crippen molar-refractivity contribution in [1.82, 2.24) is 0 Å². The van der Waals surface area contributed by atoms with Gasteiger partial charge in [0, 0.05) is 6.54 Å². The zero-order valence-corrected chi connectivity index (χ0v) is 13.5. The molecule has 1 amide bonds. The van der Waals surface area contributed by atoms with Crippen LogP contribution in [-0.4, -0.2) is 31.5 Å². The van der Waals surface area contributed by atoms with Crippen molar-refractivity contribution in [3.8, 4) is 0 Å². The van der Waals surface area contributed by atoms with E-state index < -0.39 is 5.60 Å². The fourth-order valence-electron chi connectivity index (χ4n) is 2.90. The number of nitrogens with zero attached hydrogens (tertiary/aromatic N) is 1. The molecule has 2 aliphatic heterocycles. The number of carbonyl (C=O) groups is 1. The van der Waals surface area contributed by atoms with Gasteiger partial charge in [0.15, 0.2) is 0 Å². The highest BCUT2D eigenvalue weighted by Gasteiger charge is 2.29. The van der Waals surface area contributed by atoms with Crippen molar-refractivity contribution in [3.05, 3.63) is 35.4 Å². The molecule has 2 aliphatic rings. The van der Waals surface area contributed by atoms with E-state index in [0.717, 1.165) is 25.1 Å². The van der Waals surface area contributed by atoms with Gasteiger partial charge in [0.05, 0.1) is 18.9 Å². The van der Waals surface area contributed by atoms with E-state index in [1.165, 1.54) is 16.7 Å². The third kappa shape index (κ3) is 3.17. The first-order valence-corrected chi connectivity index (χ1v) is 7.85. The van der Waals surface area contributed by atoms with E-state index in [1.807, 2.05) is 26.8 Å². The van der Waals surface area contributed by atoms with E-state index in [2.05, 4.69) is 18.2 Å². The molecule has 1 aromatic carbocycles. The van der Waals surface area contributed by atoms with Crippen molar-refractivity contribution in [2.75, 3.05) is 24.7 Å². The van der Waals surface area contributed by atoms with Crippen LogP contribution in [0.1, 0.15) is 38.3 Å². The van der Waals surface area contributed by atoms with Crippen LogP contribution in [0.2, 0.25) is 0 Å². The summed E-state index contributed by atoms with van der Waals surface area (Å²) >= 11 is 0. The molecule has 1 aromatic rings. The van der Waals surface area contributed by atoms with Crippen LogP contribution >= 0.6 is 0 Å². The van der Waals surface area contributed by atoms with Crippen LogP contribution in [0.4, 0.5) is 10.5 Å². The first kappa shape index (κ1) is 15.1. The van der Waals surface area contributed by atoms with E-state index in [0.29, 0.717) is 13.2 Å². The van der Waals surface area contributed by atoms with E-state index in [-0.39, 0.29) is 6.09 Å². The molecule has 0 radical (unpaired) electrons. The quantitative estimate of drug-likeness (QED) is 0.792. The Morgan fingerprint density at radius 3 is 2.77 bits per heavy atom. The molecule has 0 unspecified atom stereocenters. The molecule has 3 rings (SSSR count). The third-order valence-electron chi connectivity index (χ3n) is 3.92. The highest BCUT2D eigenvalue weighted by Crippen LogP contribution is 2.33. The molecule has 4 nitrogen and oxygen atoms in total. The Balaban J connectivity index is 1.81. The molecule has 118 valence electrons. The molecule has 2 heterocycles. The predicted molar refractivity (Wildman–Crippen MR) is 87.1 cm³/mol. The Labute approximate surface area is 131 Å². The summed E-state index contributed by atoms with van der Waals surface area (Å²) in [6.45, 7) is 7.84. The van der Waals surface area contributed by atoms with Gasteiger partial charge in [-0.2, -0.15) is 0 Å². The van der Waals surface area contributed by atoms with E-state index >= 15 is 0 Å². The van der Waals surface area contributed by atoms with Gasteiger partial charge >= 0.3 is 6.09 Å². The lowest BCUT2D eigenvalue weighted by atomic mass is 9.98. The zero-order chi connectivity index (χ0) is 15.7. The van der Waals surface area contributed by atoms with Gasteiger partial charge in [0.1, 0.15) is 5.60 Å². The molecule has 22 heavy (non-hydrogen) atoms. The second-order valence-electron chi connectivity index (χ2n) is 6.78. The lowest BCUT2D eigenvalue weighted by molar-refractivity contribution is 0.0584. The van der Waals surface area contributed by atoms with Gasteiger partial charge in [-0.3, -0.25) is 4.90 Å². The SMILES string of the molecule is CC(C)(C)OC(=O)N1CCc2cc(C3=CCOCC3)ccc21. The lowest BCUT2D eigenvalue weighted by Crippen LogP contribution is -2.35. The van der Waals surface area contributed by atoms with Crippen LogP contribution in [0.15, 0.2) is 24.3 Å². The number of fused-ring (bicyclic) bond motifs is 1. The van der Waals surface area contributed by atoms with Crippen molar-refractivity contribution in [1.29, 1.82) is 0 Å². The average Bonchev–Trinajstić information content (AvgIpc) is 2.89. The van der Waals surface area contributed by atoms with Crippen LogP contribution < -0.4 is 4.90 Å². The molecular weight excluding hydrogens is 278 g/mol. The van der Waals surface area contributed by atoms with E-state index in [1.54, 1.807) is 4.90 Å². The number of rotatable bonds is 1. The topological polar surface area (TPSA) is 38.8 Å². The Morgan fingerprint density at radius 2 is 2.09 bits per heavy atom. The summed E-state index contributed by atoms with van der Waals surface area (Å²) in [4.78, 5) is 14.0. The highest BCUT2D eigenvalue weighted by atomic mass is 16.6. The monoisotopic (exact) mass is 301 g/mol. The van der Waals surface area contributed by atoms with Crippen LogP contribution in [-0.2, 0) is 15.9 Å². The molecule has 0 atom stereocenters. The summed E-state index contributed by atoms with van der Waals surface area (Å²) in [6, 6.07) is 6.34. The summed E-state index contributed by atoms with van der Waals surface area (Å²) in [6.07, 6.45) is 3.72. The molecule has 4 heteroatoms. The second-order valence-corrected chi connectivity index (χ2v) is 6.78. The molecular formula is C18H23NO3. The van der Waals surface area contributed by atoms with E-state index in [9.17, 15) is 4.79 Å². The van der Waals surface area contributed by atoms with Crippen molar-refractivity contribution < 1.29 is 14.3 Å². The maximum atomic E-state index is 12.3. The summed E-state index contributed by atoms with van der Waals surface area (Å²) in [5.41, 5.74) is 4.31. The Kier molecular flexibility index (Phi) is 3.96. The fourth-order valence-corrected chi connectivity index (χ4v) is 2.90. The first-order valence-electron chi connectivity index (χ1n) is 7.85. The van der Waals surface area contributed by atoms with Crippen LogP contribution in [0, 0.1) is 0 Å². The molecule has 0 saturated heterocycles. The number of hydrogen-bond donors (Lipinski definition) is 0. The molecule has 0 bridgehead atoms. The average molecular weight is 301 g/mol. The number of anilines is 1. The largest absolute Gasteiger partial charge is 0.443 e. The third-order valence-corrected chi connectivity index (χ3v) is 3.92. The Morgan fingerprint density at radius 1 is 1.27 bits per heavy atom. The van der Waals surface area contributed by atoms with Gasteiger partial charge in [-0.05, 0) is 62.4 Å². The lowest BCUT2D eigenvalue weighted by Gasteiger charge is -2.25. The maximum absolute atomic E-state index is 12.3. The van der Waals surface area contributed by atoms with Gasteiger partial charge in [-0.1, -0.05) is 12.1 Å². The summed E-state index contributed by atoms with van der Waals surface area (Å²) in [7, 11) is 0. The number of ether oxygens (including phenoxy) is 2. The van der Waals surface area contributed by atoms with Crippen LogP contribution in [0.5, 0.6) is 0 Å². The number of amides is 1. The highest BCUT2D eigenvalue weighted by molar-refractivity contribution is 5.91. The minimum atomic E-state index is -0.466.